The van der Waals surface area contributed by atoms with Crippen LogP contribution in [0.25, 0.3) is 17.1 Å². The molecular formula is C22H26N4O7S. The van der Waals surface area contributed by atoms with Gasteiger partial charge in [-0.15, -0.1) is 11.8 Å². The lowest BCUT2D eigenvalue weighted by Crippen LogP contribution is -2.33. The number of thioether (sulfide) groups is 1. The van der Waals surface area contributed by atoms with Gasteiger partial charge in [-0.05, 0) is 17.7 Å². The molecule has 34 heavy (non-hydrogen) atoms. The van der Waals surface area contributed by atoms with Gasteiger partial charge in [0.15, 0.2) is 23.4 Å². The number of ether oxygens (including phenoxy) is 4. The molecule has 3 heterocycles. The van der Waals surface area contributed by atoms with Crippen LogP contribution in [-0.4, -0.2) is 87.1 Å². The highest BCUT2D eigenvalue weighted by Gasteiger charge is 2.44. The Morgan fingerprint density at radius 3 is 2.44 bits per heavy atom. The van der Waals surface area contributed by atoms with E-state index in [2.05, 4.69) is 15.1 Å². The molecule has 3 N–H and O–H groups in total. The van der Waals surface area contributed by atoms with Crippen LogP contribution in [0.3, 0.4) is 0 Å². The molecule has 1 aliphatic heterocycles. The Kier molecular flexibility index (Phi) is 7.54. The number of benzene rings is 1. The third kappa shape index (κ3) is 4.55. The third-order valence-corrected chi connectivity index (χ3v) is 6.38. The summed E-state index contributed by atoms with van der Waals surface area (Å²) in [6.45, 7) is -0.414. The number of hydrogen-bond donors (Lipinski definition) is 3. The van der Waals surface area contributed by atoms with E-state index in [0.717, 1.165) is 5.56 Å². The molecule has 1 unspecified atom stereocenters. The lowest BCUT2D eigenvalue weighted by atomic mass is 10.1. The van der Waals surface area contributed by atoms with Gasteiger partial charge in [-0.25, -0.2) is 14.6 Å². The normalized spacial score (nSPS) is 22.5. The van der Waals surface area contributed by atoms with Gasteiger partial charge in [0.25, 0.3) is 0 Å². The van der Waals surface area contributed by atoms with E-state index < -0.39 is 31.1 Å². The van der Waals surface area contributed by atoms with Crippen molar-refractivity contribution in [3.8, 4) is 17.2 Å². The van der Waals surface area contributed by atoms with Crippen molar-refractivity contribution in [3.05, 3.63) is 36.3 Å². The van der Waals surface area contributed by atoms with Gasteiger partial charge in [0.2, 0.25) is 5.75 Å². The van der Waals surface area contributed by atoms with Crippen LogP contribution in [0.15, 0.2) is 35.8 Å². The van der Waals surface area contributed by atoms with Gasteiger partial charge in [-0.3, -0.25) is 0 Å². The number of rotatable bonds is 9. The van der Waals surface area contributed by atoms with Crippen LogP contribution in [0.1, 0.15) is 11.8 Å². The highest BCUT2D eigenvalue weighted by molar-refractivity contribution is 7.99. The van der Waals surface area contributed by atoms with Gasteiger partial charge < -0.3 is 34.3 Å². The van der Waals surface area contributed by atoms with Crippen molar-refractivity contribution in [2.24, 2.45) is 0 Å². The fourth-order valence-electron chi connectivity index (χ4n) is 3.73. The molecule has 0 bridgehead atoms. The molecule has 3 aromatic rings. The molecule has 0 saturated carbocycles. The number of fused-ring (bicyclic) bond motifs is 1. The van der Waals surface area contributed by atoms with E-state index in [0.29, 0.717) is 39.1 Å². The molecular weight excluding hydrogens is 464 g/mol. The van der Waals surface area contributed by atoms with Crippen LogP contribution < -0.4 is 14.2 Å². The Bertz CT molecular complexity index is 1150. The molecule has 0 radical (unpaired) electrons. The minimum atomic E-state index is -1.24. The number of methoxy groups -OCH3 is 3. The van der Waals surface area contributed by atoms with Crippen LogP contribution in [0.5, 0.6) is 17.2 Å². The van der Waals surface area contributed by atoms with Crippen molar-refractivity contribution in [2.45, 2.75) is 29.6 Å². The number of aliphatic hydroxyl groups excluding tert-OH is 3. The summed E-state index contributed by atoms with van der Waals surface area (Å²) >= 11 is 1.49. The summed E-state index contributed by atoms with van der Waals surface area (Å²) in [4.78, 5) is 8.62. The lowest BCUT2D eigenvalue weighted by molar-refractivity contribution is -0.0566. The van der Waals surface area contributed by atoms with Crippen molar-refractivity contribution in [2.75, 3.05) is 33.7 Å². The van der Waals surface area contributed by atoms with Crippen LogP contribution >= 0.6 is 11.8 Å². The topological polar surface area (TPSA) is 141 Å². The maximum absolute atomic E-state index is 10.3. The predicted octanol–water partition coefficient (Wildman–Crippen LogP) is 1.27. The monoisotopic (exact) mass is 490 g/mol. The molecule has 1 aromatic carbocycles. The van der Waals surface area contributed by atoms with Crippen molar-refractivity contribution in [1.82, 2.24) is 19.7 Å². The number of nitrogens with zero attached hydrogens (tertiary/aromatic N) is 4. The van der Waals surface area contributed by atoms with Crippen molar-refractivity contribution < 1.29 is 34.3 Å². The molecule has 4 atom stereocenters. The first kappa shape index (κ1) is 24.2. The third-order valence-electron chi connectivity index (χ3n) is 5.43. The Labute approximate surface area is 199 Å². The maximum Gasteiger partial charge on any atom is 0.203 e. The van der Waals surface area contributed by atoms with Crippen molar-refractivity contribution in [3.63, 3.8) is 0 Å². The van der Waals surface area contributed by atoms with E-state index in [1.807, 2.05) is 24.3 Å². The van der Waals surface area contributed by atoms with Gasteiger partial charge >= 0.3 is 0 Å². The molecule has 0 amide bonds. The zero-order valence-corrected chi connectivity index (χ0v) is 19.7. The smallest absolute Gasteiger partial charge is 0.203 e. The summed E-state index contributed by atoms with van der Waals surface area (Å²) in [5.41, 5.74) is 1.35. The van der Waals surface area contributed by atoms with Crippen molar-refractivity contribution in [1.29, 1.82) is 0 Å². The molecule has 1 saturated heterocycles. The Balaban J connectivity index is 1.50. The zero-order valence-electron chi connectivity index (χ0n) is 18.9. The van der Waals surface area contributed by atoms with E-state index >= 15 is 0 Å². The standard InChI is InChI=1S/C22H26N4O7S/c1-30-14-7-12(8-15(31-2)19(14)32-3)5-4-6-34-21-13-9-25-26(20(13)23-11-24-21)22-18(29)17(28)16(10-27)33-22/h4-5,7-9,11,16-18,22,27-29H,6,10H2,1-3H3/b5-4+/t16-,17-,18-,22?/m1/s1. The van der Waals surface area contributed by atoms with E-state index in [-0.39, 0.29) is 0 Å². The maximum atomic E-state index is 10.3. The van der Waals surface area contributed by atoms with Crippen LogP contribution in [-0.2, 0) is 4.74 Å². The van der Waals surface area contributed by atoms with E-state index in [4.69, 9.17) is 18.9 Å². The Morgan fingerprint density at radius 2 is 1.82 bits per heavy atom. The first-order chi connectivity index (χ1) is 16.5. The first-order valence-electron chi connectivity index (χ1n) is 10.4. The fourth-order valence-corrected chi connectivity index (χ4v) is 4.50. The van der Waals surface area contributed by atoms with Crippen LogP contribution in [0.4, 0.5) is 0 Å². The van der Waals surface area contributed by atoms with E-state index in [9.17, 15) is 15.3 Å². The van der Waals surface area contributed by atoms with Gasteiger partial charge in [0.1, 0.15) is 29.7 Å². The molecule has 2 aromatic heterocycles. The lowest BCUT2D eigenvalue weighted by Gasteiger charge is -2.15. The summed E-state index contributed by atoms with van der Waals surface area (Å²) in [6, 6.07) is 3.72. The minimum Gasteiger partial charge on any atom is -0.493 e. The molecule has 11 nitrogen and oxygen atoms in total. The number of hydrogen-bond acceptors (Lipinski definition) is 11. The Morgan fingerprint density at radius 1 is 1.09 bits per heavy atom. The van der Waals surface area contributed by atoms with Crippen molar-refractivity contribution >= 4 is 28.9 Å². The average Bonchev–Trinajstić information content (AvgIpc) is 3.42. The van der Waals surface area contributed by atoms with Crippen LogP contribution in [0, 0.1) is 0 Å². The Hall–Kier alpha value is -2.90. The molecule has 182 valence electrons. The summed E-state index contributed by atoms with van der Waals surface area (Å²) < 4.78 is 23.1. The molecule has 1 fully saturated rings. The molecule has 4 rings (SSSR count). The highest BCUT2D eigenvalue weighted by atomic mass is 32.2. The summed E-state index contributed by atoms with van der Waals surface area (Å²) in [5.74, 6) is 2.29. The van der Waals surface area contributed by atoms with Gasteiger partial charge in [-0.1, -0.05) is 12.2 Å². The fraction of sp³-hybridized carbons (Fsp3) is 0.409. The number of aromatic nitrogens is 4. The molecule has 0 spiro atoms. The first-order valence-corrected chi connectivity index (χ1v) is 11.4. The number of aliphatic hydroxyl groups is 3. The van der Waals surface area contributed by atoms with E-state index in [1.54, 1.807) is 27.5 Å². The largest absolute Gasteiger partial charge is 0.493 e. The second-order valence-corrected chi connectivity index (χ2v) is 8.41. The summed E-state index contributed by atoms with van der Waals surface area (Å²) in [6.07, 6.45) is 2.61. The molecule has 12 heteroatoms. The van der Waals surface area contributed by atoms with Crippen LogP contribution in [0.2, 0.25) is 0 Å². The SMILES string of the molecule is COc1cc(/C=C/CSc2ncnc3c2cnn3C2O[C@H](CO)[C@@H](O)[C@H]2O)cc(OC)c1OC. The van der Waals surface area contributed by atoms with E-state index in [1.165, 1.54) is 22.8 Å². The molecule has 0 aliphatic carbocycles. The predicted molar refractivity (Wildman–Crippen MR) is 124 cm³/mol. The quantitative estimate of drug-likeness (QED) is 0.295. The summed E-state index contributed by atoms with van der Waals surface area (Å²) in [5, 5.41) is 35.4. The van der Waals surface area contributed by atoms with Gasteiger partial charge in [0, 0.05) is 5.75 Å². The second kappa shape index (κ2) is 10.6. The summed E-state index contributed by atoms with van der Waals surface area (Å²) in [7, 11) is 4.70. The molecule has 1 aliphatic rings. The second-order valence-electron chi connectivity index (χ2n) is 7.41. The average molecular weight is 491 g/mol. The zero-order chi connectivity index (χ0) is 24.2. The van der Waals surface area contributed by atoms with Gasteiger partial charge in [0.05, 0.1) is 39.5 Å². The van der Waals surface area contributed by atoms with Gasteiger partial charge in [-0.2, -0.15) is 5.10 Å². The minimum absolute atomic E-state index is 0.414. The highest BCUT2D eigenvalue weighted by Crippen LogP contribution is 2.38.